The number of alkyl halides is 1. The van der Waals surface area contributed by atoms with E-state index >= 15 is 0 Å². The van der Waals surface area contributed by atoms with Gasteiger partial charge in [-0.2, -0.15) is 0 Å². The summed E-state index contributed by atoms with van der Waals surface area (Å²) in [6.07, 6.45) is 0.430. The lowest BCUT2D eigenvalue weighted by atomic mass is 10.1. The summed E-state index contributed by atoms with van der Waals surface area (Å²) in [5.74, 6) is 0.0715. The molecule has 1 aliphatic rings. The van der Waals surface area contributed by atoms with Crippen molar-refractivity contribution in [2.75, 3.05) is 24.4 Å². The van der Waals surface area contributed by atoms with E-state index in [0.29, 0.717) is 29.6 Å². The van der Waals surface area contributed by atoms with Crippen molar-refractivity contribution in [1.82, 2.24) is 0 Å². The van der Waals surface area contributed by atoms with Crippen LogP contribution >= 0.6 is 23.2 Å². The standard InChI is InChI=1S/C13H13Cl2NO3/c1-19-13(18)10-5-9(2-3-11(10)15)16-7-8(6-14)4-12(16)17/h2-3,5,8H,4,6-7H2,1H3. The van der Waals surface area contributed by atoms with Crippen molar-refractivity contribution in [3.8, 4) is 0 Å². The van der Waals surface area contributed by atoms with Gasteiger partial charge < -0.3 is 9.64 Å². The molecule has 1 amide bonds. The Balaban J connectivity index is 2.31. The van der Waals surface area contributed by atoms with Gasteiger partial charge in [0.25, 0.3) is 0 Å². The first-order valence-corrected chi connectivity index (χ1v) is 6.72. The Morgan fingerprint density at radius 2 is 2.26 bits per heavy atom. The predicted octanol–water partition coefficient (Wildman–Crippen LogP) is 2.72. The molecule has 1 unspecified atom stereocenters. The molecule has 0 aromatic heterocycles. The summed E-state index contributed by atoms with van der Waals surface area (Å²) in [5, 5.41) is 0.302. The molecule has 19 heavy (non-hydrogen) atoms. The molecule has 102 valence electrons. The maximum Gasteiger partial charge on any atom is 0.339 e. The van der Waals surface area contributed by atoms with Crippen LogP contribution in [0.2, 0.25) is 5.02 Å². The van der Waals surface area contributed by atoms with Crippen LogP contribution in [0.15, 0.2) is 18.2 Å². The van der Waals surface area contributed by atoms with E-state index in [0.717, 1.165) is 0 Å². The molecule has 0 bridgehead atoms. The number of amides is 1. The van der Waals surface area contributed by atoms with Gasteiger partial charge in [-0.1, -0.05) is 11.6 Å². The van der Waals surface area contributed by atoms with Crippen molar-refractivity contribution in [3.05, 3.63) is 28.8 Å². The van der Waals surface area contributed by atoms with E-state index < -0.39 is 5.97 Å². The van der Waals surface area contributed by atoms with Crippen LogP contribution in [0, 0.1) is 5.92 Å². The van der Waals surface area contributed by atoms with Gasteiger partial charge in [-0.3, -0.25) is 4.79 Å². The fourth-order valence-corrected chi connectivity index (χ4v) is 2.48. The molecular formula is C13H13Cl2NO3. The van der Waals surface area contributed by atoms with E-state index in [9.17, 15) is 9.59 Å². The molecule has 0 saturated carbocycles. The Labute approximate surface area is 121 Å². The number of halogens is 2. The van der Waals surface area contributed by atoms with E-state index in [2.05, 4.69) is 4.74 Å². The summed E-state index contributed by atoms with van der Waals surface area (Å²) in [6, 6.07) is 4.87. The Morgan fingerprint density at radius 3 is 2.84 bits per heavy atom. The van der Waals surface area contributed by atoms with E-state index in [-0.39, 0.29) is 17.4 Å². The molecule has 1 heterocycles. The smallest absolute Gasteiger partial charge is 0.339 e. The molecule has 4 nitrogen and oxygen atoms in total. The zero-order chi connectivity index (χ0) is 14.0. The van der Waals surface area contributed by atoms with Gasteiger partial charge >= 0.3 is 5.97 Å². The van der Waals surface area contributed by atoms with Crippen LogP contribution in [-0.4, -0.2) is 31.4 Å². The number of anilines is 1. The first-order chi connectivity index (χ1) is 9.06. The monoisotopic (exact) mass is 301 g/mol. The van der Waals surface area contributed by atoms with Gasteiger partial charge in [-0.15, -0.1) is 11.6 Å². The molecular weight excluding hydrogens is 289 g/mol. The molecule has 2 rings (SSSR count). The average Bonchev–Trinajstić information content (AvgIpc) is 2.80. The van der Waals surface area contributed by atoms with Crippen molar-refractivity contribution in [3.63, 3.8) is 0 Å². The van der Waals surface area contributed by atoms with E-state index in [1.807, 2.05) is 0 Å². The van der Waals surface area contributed by atoms with Crippen molar-refractivity contribution in [2.24, 2.45) is 5.92 Å². The van der Waals surface area contributed by atoms with Gasteiger partial charge in [-0.05, 0) is 24.1 Å². The first-order valence-electron chi connectivity index (χ1n) is 5.81. The maximum atomic E-state index is 11.9. The van der Waals surface area contributed by atoms with Crippen molar-refractivity contribution in [1.29, 1.82) is 0 Å². The van der Waals surface area contributed by atoms with Crippen molar-refractivity contribution < 1.29 is 14.3 Å². The lowest BCUT2D eigenvalue weighted by molar-refractivity contribution is -0.117. The predicted molar refractivity (Wildman–Crippen MR) is 74.0 cm³/mol. The molecule has 0 N–H and O–H groups in total. The van der Waals surface area contributed by atoms with Gasteiger partial charge in [0, 0.05) is 24.5 Å². The minimum atomic E-state index is -0.521. The van der Waals surface area contributed by atoms with Gasteiger partial charge in [0.1, 0.15) is 0 Å². The van der Waals surface area contributed by atoms with Crippen LogP contribution in [-0.2, 0) is 9.53 Å². The molecule has 0 radical (unpaired) electrons. The highest BCUT2D eigenvalue weighted by molar-refractivity contribution is 6.33. The number of hydrogen-bond acceptors (Lipinski definition) is 3. The number of ether oxygens (including phenoxy) is 1. The number of nitrogens with zero attached hydrogens (tertiary/aromatic N) is 1. The number of hydrogen-bond donors (Lipinski definition) is 0. The summed E-state index contributed by atoms with van der Waals surface area (Å²) >= 11 is 11.7. The Hall–Kier alpha value is -1.26. The van der Waals surface area contributed by atoms with Crippen LogP contribution in [0.3, 0.4) is 0 Å². The van der Waals surface area contributed by atoms with E-state index in [1.165, 1.54) is 7.11 Å². The molecule has 1 fully saturated rings. The fourth-order valence-electron chi connectivity index (χ4n) is 2.08. The second-order valence-corrected chi connectivity index (χ2v) is 5.10. The largest absolute Gasteiger partial charge is 0.465 e. The van der Waals surface area contributed by atoms with Crippen LogP contribution in [0.25, 0.3) is 0 Å². The zero-order valence-corrected chi connectivity index (χ0v) is 11.9. The maximum absolute atomic E-state index is 11.9. The molecule has 1 saturated heterocycles. The average molecular weight is 302 g/mol. The van der Waals surface area contributed by atoms with Crippen molar-refractivity contribution >= 4 is 40.8 Å². The summed E-state index contributed by atoms with van der Waals surface area (Å²) in [4.78, 5) is 25.1. The third-order valence-corrected chi connectivity index (χ3v) is 3.86. The molecule has 1 aromatic rings. The highest BCUT2D eigenvalue weighted by atomic mass is 35.5. The quantitative estimate of drug-likeness (QED) is 0.637. The lowest BCUT2D eigenvalue weighted by Crippen LogP contribution is -2.25. The summed E-state index contributed by atoms with van der Waals surface area (Å²) in [6.45, 7) is 0.560. The zero-order valence-electron chi connectivity index (χ0n) is 10.4. The topological polar surface area (TPSA) is 46.6 Å². The van der Waals surface area contributed by atoms with E-state index in [4.69, 9.17) is 23.2 Å². The van der Waals surface area contributed by atoms with Crippen LogP contribution < -0.4 is 4.90 Å². The second-order valence-electron chi connectivity index (χ2n) is 4.38. The van der Waals surface area contributed by atoms with Crippen LogP contribution in [0.1, 0.15) is 16.8 Å². The highest BCUT2D eigenvalue weighted by Crippen LogP contribution is 2.29. The lowest BCUT2D eigenvalue weighted by Gasteiger charge is -2.17. The Kier molecular flexibility index (Phi) is 4.32. The summed E-state index contributed by atoms with van der Waals surface area (Å²) in [5.41, 5.74) is 0.895. The number of carbonyl (C=O) groups excluding carboxylic acids is 2. The fraction of sp³-hybridized carbons (Fsp3) is 0.385. The third kappa shape index (κ3) is 2.85. The summed E-state index contributed by atoms with van der Waals surface area (Å²) in [7, 11) is 1.29. The highest BCUT2D eigenvalue weighted by Gasteiger charge is 2.30. The normalized spacial score (nSPS) is 18.8. The van der Waals surface area contributed by atoms with Gasteiger partial charge in [0.2, 0.25) is 5.91 Å². The SMILES string of the molecule is COC(=O)c1cc(N2CC(CCl)CC2=O)ccc1Cl. The van der Waals surface area contributed by atoms with E-state index in [1.54, 1.807) is 23.1 Å². The number of methoxy groups -OCH3 is 1. The number of rotatable bonds is 3. The minimum absolute atomic E-state index is 0.00351. The Morgan fingerprint density at radius 1 is 1.53 bits per heavy atom. The number of esters is 1. The van der Waals surface area contributed by atoms with Crippen LogP contribution in [0.5, 0.6) is 0 Å². The number of carbonyl (C=O) groups is 2. The van der Waals surface area contributed by atoms with Gasteiger partial charge in [0.15, 0.2) is 0 Å². The minimum Gasteiger partial charge on any atom is -0.465 e. The summed E-state index contributed by atoms with van der Waals surface area (Å²) < 4.78 is 4.66. The molecule has 1 atom stereocenters. The molecule has 0 aliphatic carbocycles. The third-order valence-electron chi connectivity index (χ3n) is 3.09. The van der Waals surface area contributed by atoms with Gasteiger partial charge in [-0.25, -0.2) is 4.79 Å². The molecule has 1 aliphatic heterocycles. The molecule has 1 aromatic carbocycles. The second kappa shape index (κ2) is 5.80. The molecule has 0 spiro atoms. The number of benzene rings is 1. The van der Waals surface area contributed by atoms with Gasteiger partial charge in [0.05, 0.1) is 17.7 Å². The van der Waals surface area contributed by atoms with Crippen LogP contribution in [0.4, 0.5) is 5.69 Å². The van der Waals surface area contributed by atoms with Crippen molar-refractivity contribution in [2.45, 2.75) is 6.42 Å². The Bertz CT molecular complexity index is 519. The first kappa shape index (κ1) is 14.2. The molecule has 6 heteroatoms.